The van der Waals surface area contributed by atoms with Crippen molar-refractivity contribution in [3.8, 4) is 11.5 Å². The molecule has 0 fully saturated rings. The first kappa shape index (κ1) is 11.3. The van der Waals surface area contributed by atoms with E-state index in [4.69, 9.17) is 21.1 Å². The van der Waals surface area contributed by atoms with Crippen LogP contribution in [0, 0.1) is 0 Å². The van der Waals surface area contributed by atoms with Crippen LogP contribution in [0.1, 0.15) is 10.4 Å². The molecule has 0 aliphatic heterocycles. The quantitative estimate of drug-likeness (QED) is 0.798. The second kappa shape index (κ2) is 4.66. The van der Waals surface area contributed by atoms with Crippen LogP contribution in [0.15, 0.2) is 16.6 Å². The van der Waals surface area contributed by atoms with E-state index in [9.17, 15) is 4.79 Å². The maximum absolute atomic E-state index is 11.0. The van der Waals surface area contributed by atoms with Gasteiger partial charge in [0, 0.05) is 0 Å². The van der Waals surface area contributed by atoms with Crippen molar-refractivity contribution in [2.75, 3.05) is 14.2 Å². The summed E-state index contributed by atoms with van der Waals surface area (Å²) in [5.41, 5.74) is 0.286. The Hall–Kier alpha value is -0.740. The fourth-order valence-electron chi connectivity index (χ4n) is 1.09. The van der Waals surface area contributed by atoms with Gasteiger partial charge in [-0.1, -0.05) is 0 Å². The van der Waals surface area contributed by atoms with E-state index in [2.05, 4.69) is 15.9 Å². The molecule has 0 N–H and O–H groups in total. The normalized spacial score (nSPS) is 9.71. The van der Waals surface area contributed by atoms with E-state index in [0.717, 1.165) is 0 Å². The standard InChI is InChI=1S/C9H8BrClO3/c1-13-7-5(9(11)12)3-4-6(10)8(7)14-2/h3-4H,1-2H3. The second-order valence-corrected chi connectivity index (χ2v) is 3.63. The van der Waals surface area contributed by atoms with Crippen molar-refractivity contribution in [2.45, 2.75) is 0 Å². The number of rotatable bonds is 3. The molecule has 14 heavy (non-hydrogen) atoms. The van der Waals surface area contributed by atoms with Crippen molar-refractivity contribution < 1.29 is 14.3 Å². The predicted molar refractivity (Wildman–Crippen MR) is 57.4 cm³/mol. The summed E-state index contributed by atoms with van der Waals surface area (Å²) in [6.45, 7) is 0. The molecule has 76 valence electrons. The molecule has 0 radical (unpaired) electrons. The second-order valence-electron chi connectivity index (χ2n) is 2.44. The Labute approximate surface area is 95.1 Å². The van der Waals surface area contributed by atoms with Gasteiger partial charge in [0.1, 0.15) is 0 Å². The van der Waals surface area contributed by atoms with Crippen LogP contribution in [0.25, 0.3) is 0 Å². The molecule has 0 saturated heterocycles. The SMILES string of the molecule is COc1c(Br)ccc(C(=O)Cl)c1OC. The summed E-state index contributed by atoms with van der Waals surface area (Å²) in [5, 5.41) is -0.576. The van der Waals surface area contributed by atoms with E-state index < -0.39 is 5.24 Å². The summed E-state index contributed by atoms with van der Waals surface area (Å²) < 4.78 is 10.8. The number of carbonyl (C=O) groups is 1. The van der Waals surface area contributed by atoms with Gasteiger partial charge in [0.2, 0.25) is 0 Å². The van der Waals surface area contributed by atoms with E-state index >= 15 is 0 Å². The first-order chi connectivity index (χ1) is 6.61. The Kier molecular flexibility index (Phi) is 3.77. The number of ether oxygens (including phenoxy) is 2. The Balaban J connectivity index is 3.40. The van der Waals surface area contributed by atoms with Crippen molar-refractivity contribution in [1.29, 1.82) is 0 Å². The molecule has 0 heterocycles. The average Bonchev–Trinajstić information content (AvgIpc) is 2.16. The number of hydrogen-bond acceptors (Lipinski definition) is 3. The highest BCUT2D eigenvalue weighted by Gasteiger charge is 2.17. The van der Waals surface area contributed by atoms with Gasteiger partial charge < -0.3 is 9.47 Å². The van der Waals surface area contributed by atoms with Gasteiger partial charge in [-0.2, -0.15) is 0 Å². The number of halogens is 2. The summed E-state index contributed by atoms with van der Waals surface area (Å²) >= 11 is 8.65. The largest absolute Gasteiger partial charge is 0.492 e. The molecule has 1 rings (SSSR count). The van der Waals surface area contributed by atoms with E-state index in [1.807, 2.05) is 0 Å². The molecular weight excluding hydrogens is 271 g/mol. The first-order valence-corrected chi connectivity index (χ1v) is 4.89. The van der Waals surface area contributed by atoms with Gasteiger partial charge in [-0.25, -0.2) is 0 Å². The van der Waals surface area contributed by atoms with Crippen molar-refractivity contribution >= 4 is 32.8 Å². The summed E-state index contributed by atoms with van der Waals surface area (Å²) in [7, 11) is 2.94. The van der Waals surface area contributed by atoms with Crippen LogP contribution in [0.3, 0.4) is 0 Å². The van der Waals surface area contributed by atoms with Gasteiger partial charge in [-0.3, -0.25) is 4.79 Å². The lowest BCUT2D eigenvalue weighted by Gasteiger charge is -2.11. The fourth-order valence-corrected chi connectivity index (χ4v) is 1.71. The number of carbonyl (C=O) groups excluding carboxylic acids is 1. The summed E-state index contributed by atoms with van der Waals surface area (Å²) in [6, 6.07) is 3.25. The highest BCUT2D eigenvalue weighted by molar-refractivity contribution is 9.10. The Morgan fingerprint density at radius 2 is 1.86 bits per heavy atom. The van der Waals surface area contributed by atoms with Crippen molar-refractivity contribution in [2.24, 2.45) is 0 Å². The van der Waals surface area contributed by atoms with Crippen LogP contribution < -0.4 is 9.47 Å². The molecule has 1 aromatic rings. The molecule has 0 aliphatic carbocycles. The number of hydrogen-bond donors (Lipinski definition) is 0. The summed E-state index contributed by atoms with van der Waals surface area (Å²) in [6.07, 6.45) is 0. The number of methoxy groups -OCH3 is 2. The van der Waals surface area contributed by atoms with Crippen LogP contribution in [-0.2, 0) is 0 Å². The van der Waals surface area contributed by atoms with Crippen LogP contribution in [0.5, 0.6) is 11.5 Å². The Bertz CT molecular complexity index is 365. The molecule has 5 heteroatoms. The molecule has 3 nitrogen and oxygen atoms in total. The molecule has 0 amide bonds. The van der Waals surface area contributed by atoms with Gasteiger partial charge in [0.05, 0.1) is 24.3 Å². The molecule has 0 unspecified atom stereocenters. The van der Waals surface area contributed by atoms with Crippen molar-refractivity contribution in [1.82, 2.24) is 0 Å². The van der Waals surface area contributed by atoms with E-state index in [0.29, 0.717) is 16.0 Å². The summed E-state index contributed by atoms with van der Waals surface area (Å²) in [5.74, 6) is 0.792. The highest BCUT2D eigenvalue weighted by Crippen LogP contribution is 2.38. The molecule has 0 aromatic heterocycles. The first-order valence-electron chi connectivity index (χ1n) is 3.72. The smallest absolute Gasteiger partial charge is 0.256 e. The van der Waals surface area contributed by atoms with Gasteiger partial charge >= 0.3 is 0 Å². The monoisotopic (exact) mass is 278 g/mol. The molecule has 0 spiro atoms. The van der Waals surface area contributed by atoms with Crippen LogP contribution >= 0.6 is 27.5 Å². The maximum Gasteiger partial charge on any atom is 0.256 e. The lowest BCUT2D eigenvalue weighted by atomic mass is 10.2. The van der Waals surface area contributed by atoms with Crippen LogP contribution in [0.2, 0.25) is 0 Å². The van der Waals surface area contributed by atoms with E-state index in [1.54, 1.807) is 12.1 Å². The Morgan fingerprint density at radius 3 is 2.29 bits per heavy atom. The third kappa shape index (κ3) is 2.01. The molecule has 0 aliphatic rings. The fraction of sp³-hybridized carbons (Fsp3) is 0.222. The summed E-state index contributed by atoms with van der Waals surface area (Å²) in [4.78, 5) is 11.0. The molecule has 0 atom stereocenters. The zero-order chi connectivity index (χ0) is 10.7. The maximum atomic E-state index is 11.0. The van der Waals surface area contributed by atoms with Gasteiger partial charge in [-0.15, -0.1) is 0 Å². The van der Waals surface area contributed by atoms with Gasteiger partial charge in [0.15, 0.2) is 11.5 Å². The van der Waals surface area contributed by atoms with E-state index in [-0.39, 0.29) is 5.56 Å². The molecular formula is C9H8BrClO3. The minimum atomic E-state index is -0.576. The van der Waals surface area contributed by atoms with Gasteiger partial charge in [0.25, 0.3) is 5.24 Å². The predicted octanol–water partition coefficient (Wildman–Crippen LogP) is 2.85. The van der Waals surface area contributed by atoms with Crippen LogP contribution in [-0.4, -0.2) is 19.5 Å². The highest BCUT2D eigenvalue weighted by atomic mass is 79.9. The van der Waals surface area contributed by atoms with Crippen molar-refractivity contribution in [3.05, 3.63) is 22.2 Å². The van der Waals surface area contributed by atoms with Gasteiger partial charge in [-0.05, 0) is 39.7 Å². The Morgan fingerprint density at radius 1 is 1.29 bits per heavy atom. The zero-order valence-corrected chi connectivity index (χ0v) is 9.98. The third-order valence-corrected chi connectivity index (χ3v) is 2.51. The van der Waals surface area contributed by atoms with E-state index in [1.165, 1.54) is 14.2 Å². The number of benzene rings is 1. The molecule has 0 saturated carbocycles. The topological polar surface area (TPSA) is 35.5 Å². The zero-order valence-electron chi connectivity index (χ0n) is 7.64. The molecule has 0 bridgehead atoms. The van der Waals surface area contributed by atoms with Crippen molar-refractivity contribution in [3.63, 3.8) is 0 Å². The lowest BCUT2D eigenvalue weighted by molar-refractivity contribution is 0.107. The third-order valence-electron chi connectivity index (χ3n) is 1.68. The molecule has 1 aromatic carbocycles. The van der Waals surface area contributed by atoms with Crippen LogP contribution in [0.4, 0.5) is 0 Å². The minimum absolute atomic E-state index is 0.286. The average molecular weight is 280 g/mol. The lowest BCUT2D eigenvalue weighted by Crippen LogP contribution is -1.99. The minimum Gasteiger partial charge on any atom is -0.492 e.